The maximum Gasteiger partial charge on any atom is 0.209 e. The minimum Gasteiger partial charge on any atom is -0.497 e. The van der Waals surface area contributed by atoms with Crippen LogP contribution in [0.1, 0.15) is 43.2 Å². The van der Waals surface area contributed by atoms with Crippen molar-refractivity contribution in [2.45, 2.75) is 50.0 Å². The molecule has 2 bridgehead atoms. The van der Waals surface area contributed by atoms with E-state index in [-0.39, 0.29) is 0 Å². The molecule has 21 heavy (non-hydrogen) atoms. The number of rotatable bonds is 2. The van der Waals surface area contributed by atoms with Crippen LogP contribution in [-0.2, 0) is 16.6 Å². The summed E-state index contributed by atoms with van der Waals surface area (Å²) in [6.07, 6.45) is 8.40. The molecule has 4 rings (SSSR count). The maximum absolute atomic E-state index is 11.5. The molecule has 1 amide bonds. The Morgan fingerprint density at radius 2 is 2.24 bits per heavy atom. The lowest BCUT2D eigenvalue weighted by Crippen LogP contribution is -2.60. The molecular formula is C18H23NO2. The smallest absolute Gasteiger partial charge is 0.209 e. The Labute approximate surface area is 126 Å². The van der Waals surface area contributed by atoms with Crippen molar-refractivity contribution in [3.63, 3.8) is 0 Å². The van der Waals surface area contributed by atoms with Crippen LogP contribution in [-0.4, -0.2) is 31.0 Å². The molecular weight excluding hydrogens is 262 g/mol. The molecule has 0 radical (unpaired) electrons. The van der Waals surface area contributed by atoms with Crippen LogP contribution in [0.5, 0.6) is 5.75 Å². The number of carbonyl (C=O) groups is 1. The summed E-state index contributed by atoms with van der Waals surface area (Å²) >= 11 is 0. The summed E-state index contributed by atoms with van der Waals surface area (Å²) in [4.78, 5) is 13.5. The third-order valence-electron chi connectivity index (χ3n) is 6.22. The van der Waals surface area contributed by atoms with Gasteiger partial charge in [-0.25, -0.2) is 0 Å². The molecule has 1 aromatic carbocycles. The van der Waals surface area contributed by atoms with E-state index in [0.717, 1.165) is 31.5 Å². The van der Waals surface area contributed by atoms with Crippen molar-refractivity contribution >= 4 is 6.41 Å². The number of fused-ring (bicyclic) bond motifs is 1. The molecule has 2 aliphatic carbocycles. The van der Waals surface area contributed by atoms with Gasteiger partial charge in [0.15, 0.2) is 0 Å². The van der Waals surface area contributed by atoms with Gasteiger partial charge in [-0.1, -0.05) is 18.9 Å². The van der Waals surface area contributed by atoms with Gasteiger partial charge in [0.05, 0.1) is 7.11 Å². The molecule has 3 heteroatoms. The lowest BCUT2D eigenvalue weighted by atomic mass is 9.52. The van der Waals surface area contributed by atoms with Crippen LogP contribution in [0.4, 0.5) is 0 Å². The van der Waals surface area contributed by atoms with E-state index < -0.39 is 0 Å². The first-order valence-corrected chi connectivity index (χ1v) is 8.17. The van der Waals surface area contributed by atoms with Crippen molar-refractivity contribution in [3.05, 3.63) is 29.3 Å². The van der Waals surface area contributed by atoms with Crippen LogP contribution in [0.2, 0.25) is 0 Å². The maximum atomic E-state index is 11.5. The van der Waals surface area contributed by atoms with Gasteiger partial charge in [-0.05, 0) is 54.9 Å². The van der Waals surface area contributed by atoms with Crippen LogP contribution < -0.4 is 4.74 Å². The number of ether oxygens (including phenoxy) is 1. The van der Waals surface area contributed by atoms with E-state index in [4.69, 9.17) is 4.74 Å². The third-order valence-corrected chi connectivity index (χ3v) is 6.22. The van der Waals surface area contributed by atoms with E-state index >= 15 is 0 Å². The number of likely N-dealkylation sites (tertiary alicyclic amines) is 1. The molecule has 1 saturated carbocycles. The van der Waals surface area contributed by atoms with Gasteiger partial charge in [0, 0.05) is 18.0 Å². The van der Waals surface area contributed by atoms with Crippen molar-refractivity contribution in [2.75, 3.05) is 13.7 Å². The van der Waals surface area contributed by atoms with Gasteiger partial charge in [0.1, 0.15) is 5.75 Å². The van der Waals surface area contributed by atoms with E-state index in [0.29, 0.717) is 17.4 Å². The normalized spacial score (nSPS) is 33.9. The summed E-state index contributed by atoms with van der Waals surface area (Å²) < 4.78 is 5.47. The summed E-state index contributed by atoms with van der Waals surface area (Å²) in [5.41, 5.74) is 3.25. The molecule has 3 nitrogen and oxygen atoms in total. The highest BCUT2D eigenvalue weighted by molar-refractivity contribution is 5.52. The summed E-state index contributed by atoms with van der Waals surface area (Å²) in [5.74, 6) is 1.62. The summed E-state index contributed by atoms with van der Waals surface area (Å²) in [6.45, 7) is 0.918. The molecule has 1 saturated heterocycles. The summed E-state index contributed by atoms with van der Waals surface area (Å²) in [7, 11) is 1.75. The van der Waals surface area contributed by atoms with E-state index in [1.165, 1.54) is 36.8 Å². The minimum absolute atomic E-state index is 0.296. The molecule has 1 heterocycles. The van der Waals surface area contributed by atoms with Gasteiger partial charge in [-0.15, -0.1) is 0 Å². The van der Waals surface area contributed by atoms with Gasteiger partial charge in [-0.3, -0.25) is 4.79 Å². The minimum atomic E-state index is 0.296. The second-order valence-electron chi connectivity index (χ2n) is 6.90. The standard InChI is InChI=1S/C18H23NO2/c1-21-14-6-5-13-10-17-15-4-2-3-7-18(15,16(13)11-14)8-9-19(17)12-20/h5-6,11-12,15,17H,2-4,7-10H2,1H3/t15-,17-,18-/m1/s1. The molecule has 0 unspecified atom stereocenters. The second kappa shape index (κ2) is 4.75. The number of piperidine rings is 1. The Morgan fingerprint density at radius 3 is 3.05 bits per heavy atom. The van der Waals surface area contributed by atoms with E-state index in [2.05, 4.69) is 23.1 Å². The largest absolute Gasteiger partial charge is 0.497 e. The zero-order valence-electron chi connectivity index (χ0n) is 12.7. The zero-order chi connectivity index (χ0) is 14.4. The Balaban J connectivity index is 1.87. The number of carbonyl (C=O) groups excluding carboxylic acids is 1. The number of hydrogen-bond acceptors (Lipinski definition) is 2. The molecule has 1 aromatic rings. The molecule has 112 valence electrons. The highest BCUT2D eigenvalue weighted by Crippen LogP contribution is 2.55. The van der Waals surface area contributed by atoms with Gasteiger partial charge < -0.3 is 9.64 Å². The van der Waals surface area contributed by atoms with Crippen molar-refractivity contribution < 1.29 is 9.53 Å². The fourth-order valence-electron chi connectivity index (χ4n) is 5.27. The topological polar surface area (TPSA) is 29.5 Å². The Morgan fingerprint density at radius 1 is 1.33 bits per heavy atom. The zero-order valence-corrected chi connectivity index (χ0v) is 12.7. The molecule has 0 N–H and O–H groups in total. The number of amides is 1. The van der Waals surface area contributed by atoms with E-state index in [1.54, 1.807) is 7.11 Å². The lowest BCUT2D eigenvalue weighted by Gasteiger charge is -2.58. The van der Waals surface area contributed by atoms with Crippen molar-refractivity contribution in [1.82, 2.24) is 4.90 Å². The molecule has 3 atom stereocenters. The SMILES string of the molecule is COc1ccc2c(c1)[C@@]13CCCC[C@@H]1[C@@H](C2)N(C=O)CC3. The molecule has 2 fully saturated rings. The first-order chi connectivity index (χ1) is 10.3. The van der Waals surface area contributed by atoms with E-state index in [9.17, 15) is 4.79 Å². The van der Waals surface area contributed by atoms with Crippen LogP contribution in [0.25, 0.3) is 0 Å². The highest BCUT2D eigenvalue weighted by Gasteiger charge is 2.53. The van der Waals surface area contributed by atoms with Crippen LogP contribution in [0.3, 0.4) is 0 Å². The average Bonchev–Trinajstić information content (AvgIpc) is 2.54. The number of hydrogen-bond donors (Lipinski definition) is 0. The Hall–Kier alpha value is -1.51. The number of methoxy groups -OCH3 is 1. The van der Waals surface area contributed by atoms with Crippen LogP contribution in [0.15, 0.2) is 18.2 Å². The fraction of sp³-hybridized carbons (Fsp3) is 0.611. The Bertz CT molecular complexity index is 570. The van der Waals surface area contributed by atoms with Crippen LogP contribution in [0, 0.1) is 5.92 Å². The quantitative estimate of drug-likeness (QED) is 0.782. The lowest BCUT2D eigenvalue weighted by molar-refractivity contribution is -0.126. The van der Waals surface area contributed by atoms with Gasteiger partial charge in [-0.2, -0.15) is 0 Å². The first kappa shape index (κ1) is 13.2. The third kappa shape index (κ3) is 1.76. The molecule has 3 aliphatic rings. The predicted molar refractivity (Wildman–Crippen MR) is 81.5 cm³/mol. The molecule has 0 aromatic heterocycles. The first-order valence-electron chi connectivity index (χ1n) is 8.17. The second-order valence-corrected chi connectivity index (χ2v) is 6.90. The summed E-state index contributed by atoms with van der Waals surface area (Å²) in [5, 5.41) is 0. The number of benzene rings is 1. The number of nitrogens with zero attached hydrogens (tertiary/aromatic N) is 1. The highest BCUT2D eigenvalue weighted by atomic mass is 16.5. The van der Waals surface area contributed by atoms with Crippen LogP contribution >= 0.6 is 0 Å². The monoisotopic (exact) mass is 285 g/mol. The van der Waals surface area contributed by atoms with Crippen molar-refractivity contribution in [3.8, 4) is 5.75 Å². The van der Waals surface area contributed by atoms with Crippen molar-refractivity contribution in [1.29, 1.82) is 0 Å². The van der Waals surface area contributed by atoms with E-state index in [1.807, 2.05) is 0 Å². The predicted octanol–water partition coefficient (Wildman–Crippen LogP) is 2.91. The average molecular weight is 285 g/mol. The molecule has 0 spiro atoms. The summed E-state index contributed by atoms with van der Waals surface area (Å²) in [6, 6.07) is 6.99. The molecule has 1 aliphatic heterocycles. The van der Waals surface area contributed by atoms with Gasteiger partial charge in [0.25, 0.3) is 0 Å². The van der Waals surface area contributed by atoms with Gasteiger partial charge in [0.2, 0.25) is 6.41 Å². The fourth-order valence-corrected chi connectivity index (χ4v) is 5.27. The van der Waals surface area contributed by atoms with Gasteiger partial charge >= 0.3 is 0 Å². The van der Waals surface area contributed by atoms with Crippen molar-refractivity contribution in [2.24, 2.45) is 5.92 Å². The Kier molecular flexibility index (Phi) is 2.98.